The van der Waals surface area contributed by atoms with E-state index in [4.69, 9.17) is 21.1 Å². The number of ether oxygens (including phenoxy) is 2. The third-order valence-electron chi connectivity index (χ3n) is 3.26. The summed E-state index contributed by atoms with van der Waals surface area (Å²) in [5, 5.41) is 7.18. The number of hydrogen-bond acceptors (Lipinski definition) is 3. The van der Waals surface area contributed by atoms with E-state index in [2.05, 4.69) is 22.5 Å². The lowest BCUT2D eigenvalue weighted by Crippen LogP contribution is -2.38. The second-order valence-electron chi connectivity index (χ2n) is 5.16. The molecule has 0 spiro atoms. The number of rotatable bonds is 7. The zero-order valence-corrected chi connectivity index (χ0v) is 14.2. The average Bonchev–Trinajstić information content (AvgIpc) is 3.31. The standard InChI is InChI=1S/C16H24ClN3O2/c1-4-18-16(20-12-6-7-12)19-10-11-8-13(17)15(22-5-2)14(9-11)21-3/h8-9,12H,4-7,10H2,1-3H3,(H2,18,19,20). The van der Waals surface area contributed by atoms with Crippen LogP contribution >= 0.6 is 11.6 Å². The first-order valence-electron chi connectivity index (χ1n) is 7.72. The van der Waals surface area contributed by atoms with Crippen LogP contribution in [0.1, 0.15) is 32.3 Å². The molecule has 122 valence electrons. The maximum absolute atomic E-state index is 6.28. The highest BCUT2D eigenvalue weighted by atomic mass is 35.5. The Labute approximate surface area is 137 Å². The van der Waals surface area contributed by atoms with Gasteiger partial charge in [0.15, 0.2) is 17.5 Å². The molecule has 0 amide bonds. The highest BCUT2D eigenvalue weighted by molar-refractivity contribution is 6.32. The van der Waals surface area contributed by atoms with Crippen LogP contribution in [0, 0.1) is 0 Å². The largest absolute Gasteiger partial charge is 0.493 e. The van der Waals surface area contributed by atoms with Crippen LogP contribution in [0.3, 0.4) is 0 Å². The van der Waals surface area contributed by atoms with E-state index in [1.54, 1.807) is 7.11 Å². The Bertz CT molecular complexity index is 530. The molecule has 1 aliphatic rings. The molecule has 0 aliphatic heterocycles. The zero-order chi connectivity index (χ0) is 15.9. The first-order valence-corrected chi connectivity index (χ1v) is 8.09. The smallest absolute Gasteiger partial charge is 0.191 e. The van der Waals surface area contributed by atoms with Gasteiger partial charge in [-0.05, 0) is 44.4 Å². The molecule has 0 heterocycles. The number of guanidine groups is 1. The van der Waals surface area contributed by atoms with E-state index in [0.717, 1.165) is 18.1 Å². The van der Waals surface area contributed by atoms with E-state index in [-0.39, 0.29) is 0 Å². The third kappa shape index (κ3) is 4.70. The molecular formula is C16H24ClN3O2. The molecular weight excluding hydrogens is 302 g/mol. The van der Waals surface area contributed by atoms with Crippen molar-refractivity contribution >= 4 is 17.6 Å². The molecule has 2 N–H and O–H groups in total. The van der Waals surface area contributed by atoms with Crippen molar-refractivity contribution in [1.29, 1.82) is 0 Å². The van der Waals surface area contributed by atoms with E-state index in [9.17, 15) is 0 Å². The average molecular weight is 326 g/mol. The van der Waals surface area contributed by atoms with Crippen molar-refractivity contribution in [3.63, 3.8) is 0 Å². The predicted octanol–water partition coefficient (Wildman–Crippen LogP) is 2.96. The van der Waals surface area contributed by atoms with Crippen molar-refractivity contribution < 1.29 is 9.47 Å². The van der Waals surface area contributed by atoms with Crippen molar-refractivity contribution in [2.45, 2.75) is 39.3 Å². The highest BCUT2D eigenvalue weighted by Gasteiger charge is 2.22. The topological polar surface area (TPSA) is 54.9 Å². The summed E-state index contributed by atoms with van der Waals surface area (Å²) in [4.78, 5) is 4.60. The molecule has 1 saturated carbocycles. The molecule has 6 heteroatoms. The number of benzene rings is 1. The first-order chi connectivity index (χ1) is 10.7. The number of hydrogen-bond donors (Lipinski definition) is 2. The third-order valence-corrected chi connectivity index (χ3v) is 3.54. The minimum Gasteiger partial charge on any atom is -0.493 e. The fraction of sp³-hybridized carbons (Fsp3) is 0.562. The normalized spacial score (nSPS) is 14.6. The SMILES string of the molecule is CCNC(=NCc1cc(Cl)c(OCC)c(OC)c1)NC1CC1. The summed E-state index contributed by atoms with van der Waals surface area (Å²) in [6, 6.07) is 4.36. The van der Waals surface area contributed by atoms with Gasteiger partial charge in [-0.25, -0.2) is 4.99 Å². The lowest BCUT2D eigenvalue weighted by atomic mass is 10.2. The van der Waals surface area contributed by atoms with Gasteiger partial charge >= 0.3 is 0 Å². The maximum Gasteiger partial charge on any atom is 0.191 e. The van der Waals surface area contributed by atoms with E-state index in [1.165, 1.54) is 12.8 Å². The van der Waals surface area contributed by atoms with Gasteiger partial charge in [0, 0.05) is 12.6 Å². The number of methoxy groups -OCH3 is 1. The fourth-order valence-corrected chi connectivity index (χ4v) is 2.35. The monoisotopic (exact) mass is 325 g/mol. The molecule has 1 fully saturated rings. The summed E-state index contributed by atoms with van der Waals surface area (Å²) in [5.74, 6) is 2.07. The molecule has 0 aromatic heterocycles. The molecule has 1 aromatic carbocycles. The van der Waals surface area contributed by atoms with Crippen LogP contribution in [0.5, 0.6) is 11.5 Å². The molecule has 2 rings (SSSR count). The summed E-state index contributed by atoms with van der Waals surface area (Å²) >= 11 is 6.28. The second-order valence-corrected chi connectivity index (χ2v) is 5.56. The molecule has 22 heavy (non-hydrogen) atoms. The number of halogens is 1. The van der Waals surface area contributed by atoms with Gasteiger partial charge < -0.3 is 20.1 Å². The van der Waals surface area contributed by atoms with Gasteiger partial charge in [-0.2, -0.15) is 0 Å². The van der Waals surface area contributed by atoms with Gasteiger partial charge in [0.1, 0.15) is 0 Å². The van der Waals surface area contributed by atoms with Crippen molar-refractivity contribution in [2.24, 2.45) is 4.99 Å². The summed E-state index contributed by atoms with van der Waals surface area (Å²) in [5.41, 5.74) is 0.985. The van der Waals surface area contributed by atoms with Crippen LogP contribution in [-0.2, 0) is 6.54 Å². The van der Waals surface area contributed by atoms with Crippen LogP contribution in [0.2, 0.25) is 5.02 Å². The Balaban J connectivity index is 2.11. The van der Waals surface area contributed by atoms with Crippen LogP contribution in [0.25, 0.3) is 0 Å². The van der Waals surface area contributed by atoms with E-state index in [1.807, 2.05) is 19.1 Å². The van der Waals surface area contributed by atoms with E-state index in [0.29, 0.717) is 35.7 Å². The predicted molar refractivity (Wildman–Crippen MR) is 90.1 cm³/mol. The van der Waals surface area contributed by atoms with Crippen LogP contribution < -0.4 is 20.1 Å². The number of nitrogens with zero attached hydrogens (tertiary/aromatic N) is 1. The Morgan fingerprint density at radius 2 is 2.14 bits per heavy atom. The van der Waals surface area contributed by atoms with Crippen molar-refractivity contribution in [3.05, 3.63) is 22.7 Å². The Kier molecular flexibility index (Phi) is 6.19. The molecule has 5 nitrogen and oxygen atoms in total. The molecule has 0 atom stereocenters. The molecule has 0 radical (unpaired) electrons. The minimum absolute atomic E-state index is 0.532. The molecule has 1 aromatic rings. The van der Waals surface area contributed by atoms with Gasteiger partial charge in [0.2, 0.25) is 0 Å². The summed E-state index contributed by atoms with van der Waals surface area (Å²) in [7, 11) is 1.61. The zero-order valence-electron chi connectivity index (χ0n) is 13.4. The van der Waals surface area contributed by atoms with Gasteiger partial charge in [-0.15, -0.1) is 0 Å². The quantitative estimate of drug-likeness (QED) is 0.598. The van der Waals surface area contributed by atoms with Gasteiger partial charge in [-0.3, -0.25) is 0 Å². The maximum atomic E-state index is 6.28. The van der Waals surface area contributed by atoms with Crippen LogP contribution in [-0.4, -0.2) is 32.3 Å². The highest BCUT2D eigenvalue weighted by Crippen LogP contribution is 2.36. The molecule has 0 bridgehead atoms. The molecule has 0 unspecified atom stereocenters. The second kappa shape index (κ2) is 8.13. The lowest BCUT2D eigenvalue weighted by molar-refractivity contribution is 0.311. The van der Waals surface area contributed by atoms with Crippen LogP contribution in [0.4, 0.5) is 0 Å². The summed E-state index contributed by atoms with van der Waals surface area (Å²) < 4.78 is 10.9. The van der Waals surface area contributed by atoms with Crippen molar-refractivity contribution in [1.82, 2.24) is 10.6 Å². The molecule has 1 aliphatic carbocycles. The first kappa shape index (κ1) is 16.7. The minimum atomic E-state index is 0.532. The Morgan fingerprint density at radius 3 is 2.73 bits per heavy atom. The van der Waals surface area contributed by atoms with Gasteiger partial charge in [-0.1, -0.05) is 11.6 Å². The Hall–Kier alpha value is -1.62. The Morgan fingerprint density at radius 1 is 1.36 bits per heavy atom. The van der Waals surface area contributed by atoms with Gasteiger partial charge in [0.25, 0.3) is 0 Å². The summed E-state index contributed by atoms with van der Waals surface area (Å²) in [6.07, 6.45) is 2.43. The van der Waals surface area contributed by atoms with Crippen molar-refractivity contribution in [2.75, 3.05) is 20.3 Å². The lowest BCUT2D eigenvalue weighted by Gasteiger charge is -2.13. The fourth-order valence-electron chi connectivity index (χ4n) is 2.06. The number of nitrogens with one attached hydrogen (secondary N) is 2. The summed E-state index contributed by atoms with van der Waals surface area (Å²) in [6.45, 7) is 5.89. The van der Waals surface area contributed by atoms with E-state index >= 15 is 0 Å². The number of aliphatic imine (C=N–C) groups is 1. The van der Waals surface area contributed by atoms with Gasteiger partial charge in [0.05, 0.1) is 25.3 Å². The van der Waals surface area contributed by atoms with E-state index < -0.39 is 0 Å². The van der Waals surface area contributed by atoms with Crippen molar-refractivity contribution in [3.8, 4) is 11.5 Å². The van der Waals surface area contributed by atoms with Crippen LogP contribution in [0.15, 0.2) is 17.1 Å². The molecule has 0 saturated heterocycles.